The maximum Gasteiger partial charge on any atom is 0.329 e. The van der Waals surface area contributed by atoms with E-state index in [1.807, 2.05) is 17.5 Å². The van der Waals surface area contributed by atoms with Gasteiger partial charge in [0.05, 0.1) is 6.04 Å². The molecule has 2 heterocycles. The molecule has 4 N–H and O–H groups in total. The molecule has 0 spiro atoms. The molecule has 0 radical (unpaired) electrons. The Hall–Kier alpha value is -2.02. The topological polar surface area (TPSA) is 92.9 Å². The minimum absolute atomic E-state index is 0.0147. The Kier molecular flexibility index (Phi) is 4.29. The lowest BCUT2D eigenvalue weighted by molar-refractivity contribution is 0.683. The zero-order valence-electron chi connectivity index (χ0n) is 11.5. The largest absolute Gasteiger partial charge is 0.383 e. The zero-order chi connectivity index (χ0) is 14.7. The first-order valence-electron chi connectivity index (χ1n) is 6.43. The molecule has 6 nitrogen and oxygen atoms in total. The van der Waals surface area contributed by atoms with Gasteiger partial charge < -0.3 is 11.1 Å². The summed E-state index contributed by atoms with van der Waals surface area (Å²) in [6.45, 7) is 2.08. The van der Waals surface area contributed by atoms with Crippen molar-refractivity contribution in [3.05, 3.63) is 43.2 Å². The molecular weight excluding hydrogens is 276 g/mol. The van der Waals surface area contributed by atoms with Gasteiger partial charge in [-0.25, -0.2) is 4.79 Å². The van der Waals surface area contributed by atoms with Crippen LogP contribution in [-0.2, 0) is 7.05 Å². The quantitative estimate of drug-likeness (QED) is 0.782. The fourth-order valence-corrected chi connectivity index (χ4v) is 2.83. The van der Waals surface area contributed by atoms with Crippen LogP contribution in [0.25, 0.3) is 0 Å². The Morgan fingerprint density at radius 3 is 2.85 bits per heavy atom. The van der Waals surface area contributed by atoms with Gasteiger partial charge in [0.1, 0.15) is 11.5 Å². The third-order valence-corrected chi connectivity index (χ3v) is 4.14. The van der Waals surface area contributed by atoms with E-state index >= 15 is 0 Å². The highest BCUT2D eigenvalue weighted by Gasteiger charge is 2.17. The van der Waals surface area contributed by atoms with Gasteiger partial charge in [-0.3, -0.25) is 14.3 Å². The summed E-state index contributed by atoms with van der Waals surface area (Å²) in [5.74, 6) is 0.149. The molecule has 0 amide bonds. The second-order valence-corrected chi connectivity index (χ2v) is 5.56. The number of thiophene rings is 1. The average molecular weight is 294 g/mol. The number of nitrogens with two attached hydrogens (primary N) is 1. The Morgan fingerprint density at radius 1 is 1.50 bits per heavy atom. The fourth-order valence-electron chi connectivity index (χ4n) is 2.01. The van der Waals surface area contributed by atoms with Crippen molar-refractivity contribution in [1.82, 2.24) is 9.55 Å². The average Bonchev–Trinajstić information content (AvgIpc) is 2.94. The number of rotatable bonds is 5. The first-order valence-corrected chi connectivity index (χ1v) is 7.31. The van der Waals surface area contributed by atoms with Gasteiger partial charge in [0.25, 0.3) is 5.56 Å². The third kappa shape index (κ3) is 2.77. The molecule has 2 aromatic heterocycles. The number of hydrogen-bond acceptors (Lipinski definition) is 5. The Bertz CT molecular complexity index is 687. The van der Waals surface area contributed by atoms with Crippen molar-refractivity contribution in [2.75, 3.05) is 11.1 Å². The number of nitrogens with one attached hydrogen (secondary N) is 2. The van der Waals surface area contributed by atoms with Gasteiger partial charge in [-0.1, -0.05) is 19.4 Å². The minimum atomic E-state index is -0.513. The van der Waals surface area contributed by atoms with E-state index in [9.17, 15) is 9.59 Å². The zero-order valence-corrected chi connectivity index (χ0v) is 12.3. The van der Waals surface area contributed by atoms with Crippen LogP contribution in [0.4, 0.5) is 11.5 Å². The first kappa shape index (κ1) is 14.4. The molecule has 0 aromatic carbocycles. The number of hydrogen-bond donors (Lipinski definition) is 3. The predicted molar refractivity (Wildman–Crippen MR) is 82.3 cm³/mol. The number of nitrogens with zero attached hydrogens (tertiary/aromatic N) is 1. The molecular formula is C13H18N4O2S. The summed E-state index contributed by atoms with van der Waals surface area (Å²) in [5.41, 5.74) is 5.12. The Balaban J connectivity index is 2.39. The van der Waals surface area contributed by atoms with Crippen LogP contribution >= 0.6 is 11.3 Å². The number of nitrogen functional groups attached to an aromatic ring is 1. The summed E-state index contributed by atoms with van der Waals surface area (Å²) < 4.78 is 1.22. The summed E-state index contributed by atoms with van der Waals surface area (Å²) in [7, 11) is 1.53. The molecule has 0 aliphatic heterocycles. The highest BCUT2D eigenvalue weighted by molar-refractivity contribution is 7.10. The number of H-pyrrole nitrogens is 1. The number of aromatic nitrogens is 2. The van der Waals surface area contributed by atoms with E-state index in [0.29, 0.717) is 0 Å². The van der Waals surface area contributed by atoms with Gasteiger partial charge in [-0.2, -0.15) is 0 Å². The van der Waals surface area contributed by atoms with Crippen molar-refractivity contribution in [1.29, 1.82) is 0 Å². The summed E-state index contributed by atoms with van der Waals surface area (Å²) in [6, 6.07) is 4.00. The fraction of sp³-hybridized carbons (Fsp3) is 0.385. The van der Waals surface area contributed by atoms with Crippen LogP contribution in [0, 0.1) is 0 Å². The molecule has 2 aromatic rings. The van der Waals surface area contributed by atoms with Crippen LogP contribution in [-0.4, -0.2) is 9.55 Å². The molecule has 1 unspecified atom stereocenters. The smallest absolute Gasteiger partial charge is 0.329 e. The normalized spacial score (nSPS) is 12.3. The molecule has 0 aliphatic rings. The lowest BCUT2D eigenvalue weighted by Gasteiger charge is -2.19. The van der Waals surface area contributed by atoms with E-state index in [-0.39, 0.29) is 17.5 Å². The molecule has 0 saturated carbocycles. The van der Waals surface area contributed by atoms with Gasteiger partial charge in [0, 0.05) is 11.9 Å². The molecule has 0 saturated heterocycles. The summed E-state index contributed by atoms with van der Waals surface area (Å²) >= 11 is 1.63. The van der Waals surface area contributed by atoms with Crippen molar-refractivity contribution < 1.29 is 0 Å². The van der Waals surface area contributed by atoms with Crippen LogP contribution in [0.3, 0.4) is 0 Å². The van der Waals surface area contributed by atoms with Crippen molar-refractivity contribution in [3.63, 3.8) is 0 Å². The molecule has 2 rings (SSSR count). The highest BCUT2D eigenvalue weighted by Crippen LogP contribution is 2.27. The number of anilines is 2. The maximum absolute atomic E-state index is 11.9. The Labute approximate surface area is 120 Å². The van der Waals surface area contributed by atoms with Crippen molar-refractivity contribution >= 4 is 22.8 Å². The van der Waals surface area contributed by atoms with Gasteiger partial charge in [-0.15, -0.1) is 11.3 Å². The van der Waals surface area contributed by atoms with Crippen molar-refractivity contribution in [2.45, 2.75) is 25.8 Å². The lowest BCUT2D eigenvalue weighted by atomic mass is 10.1. The maximum atomic E-state index is 11.9. The van der Waals surface area contributed by atoms with Crippen molar-refractivity contribution in [3.8, 4) is 0 Å². The molecule has 0 bridgehead atoms. The molecule has 7 heteroatoms. The second kappa shape index (κ2) is 5.96. The molecule has 0 fully saturated rings. The van der Waals surface area contributed by atoms with E-state index in [1.165, 1.54) is 11.6 Å². The van der Waals surface area contributed by atoms with Gasteiger partial charge in [-0.05, 0) is 17.9 Å². The monoisotopic (exact) mass is 294 g/mol. The molecule has 0 aliphatic carbocycles. The van der Waals surface area contributed by atoms with Crippen molar-refractivity contribution in [2.24, 2.45) is 7.05 Å². The van der Waals surface area contributed by atoms with Gasteiger partial charge >= 0.3 is 5.69 Å². The van der Waals surface area contributed by atoms with E-state index in [4.69, 9.17) is 5.73 Å². The first-order chi connectivity index (χ1) is 9.54. The second-order valence-electron chi connectivity index (χ2n) is 4.58. The standard InChI is InChI=1S/C13H18N4O2S/c1-3-5-8(9-6-4-7-20-9)15-10-11(14)17(2)13(19)16-12(10)18/h4,6-8,15H,3,5,14H2,1-2H3,(H,16,18,19). The SMILES string of the molecule is CCCC(Nc1c(N)n(C)c(=O)[nH]c1=O)c1cccs1. The predicted octanol–water partition coefficient (Wildman–Crippen LogP) is 1.67. The molecule has 108 valence electrons. The Morgan fingerprint density at radius 2 is 2.25 bits per heavy atom. The summed E-state index contributed by atoms with van der Waals surface area (Å²) in [6.07, 6.45) is 1.85. The van der Waals surface area contributed by atoms with Crippen LogP contribution in [0.2, 0.25) is 0 Å². The van der Waals surface area contributed by atoms with E-state index in [0.717, 1.165) is 17.7 Å². The molecule has 1 atom stereocenters. The van der Waals surface area contributed by atoms with Crippen LogP contribution < -0.4 is 22.3 Å². The van der Waals surface area contributed by atoms with E-state index in [1.54, 1.807) is 11.3 Å². The lowest BCUT2D eigenvalue weighted by Crippen LogP contribution is -2.33. The molecule has 20 heavy (non-hydrogen) atoms. The van der Waals surface area contributed by atoms with Gasteiger partial charge in [0.15, 0.2) is 0 Å². The summed E-state index contributed by atoms with van der Waals surface area (Å²) in [5, 5.41) is 5.16. The van der Waals surface area contributed by atoms with E-state index in [2.05, 4.69) is 17.2 Å². The third-order valence-electron chi connectivity index (χ3n) is 3.15. The highest BCUT2D eigenvalue weighted by atomic mass is 32.1. The van der Waals surface area contributed by atoms with Crippen LogP contribution in [0.5, 0.6) is 0 Å². The van der Waals surface area contributed by atoms with E-state index < -0.39 is 11.2 Å². The van der Waals surface area contributed by atoms with Crippen LogP contribution in [0.15, 0.2) is 27.1 Å². The van der Waals surface area contributed by atoms with Crippen LogP contribution in [0.1, 0.15) is 30.7 Å². The summed E-state index contributed by atoms with van der Waals surface area (Å²) in [4.78, 5) is 26.8. The number of aromatic amines is 1. The van der Waals surface area contributed by atoms with Gasteiger partial charge in [0.2, 0.25) is 0 Å². The minimum Gasteiger partial charge on any atom is -0.383 e.